The molecule has 1 aromatic rings. The van der Waals surface area contributed by atoms with Crippen LogP contribution in [0.5, 0.6) is 0 Å². The summed E-state index contributed by atoms with van der Waals surface area (Å²) in [5.74, 6) is -0.720. The Morgan fingerprint density at radius 2 is 2.25 bits per heavy atom. The van der Waals surface area contributed by atoms with Crippen LogP contribution >= 0.6 is 11.3 Å². The molecule has 1 atom stereocenters. The summed E-state index contributed by atoms with van der Waals surface area (Å²) in [4.78, 5) is 37.7. The Bertz CT molecular complexity index is 529. The third-order valence-electron chi connectivity index (χ3n) is 3.16. The van der Waals surface area contributed by atoms with E-state index in [1.54, 1.807) is 13.0 Å². The summed E-state index contributed by atoms with van der Waals surface area (Å²) in [7, 11) is 0. The van der Waals surface area contributed by atoms with Crippen LogP contribution in [0.25, 0.3) is 0 Å². The second kappa shape index (κ2) is 5.62. The number of nitrogens with zero attached hydrogens (tertiary/aromatic N) is 1. The number of thiophene rings is 1. The van der Waals surface area contributed by atoms with Crippen LogP contribution in [0.4, 0.5) is 4.79 Å². The summed E-state index contributed by atoms with van der Waals surface area (Å²) in [6, 6.07) is 3.09. The lowest BCUT2D eigenvalue weighted by molar-refractivity contribution is -0.134. The van der Waals surface area contributed by atoms with Gasteiger partial charge >= 0.3 is 6.03 Å². The van der Waals surface area contributed by atoms with Gasteiger partial charge in [-0.05, 0) is 24.8 Å². The number of nitrogens with one attached hydrogen (secondary N) is 2. The van der Waals surface area contributed by atoms with Crippen molar-refractivity contribution in [1.82, 2.24) is 15.5 Å². The van der Waals surface area contributed by atoms with E-state index in [1.165, 1.54) is 11.3 Å². The smallest absolute Gasteiger partial charge is 0.325 e. The van der Waals surface area contributed by atoms with E-state index >= 15 is 0 Å². The second-order valence-corrected chi connectivity index (χ2v) is 5.72. The molecule has 1 aliphatic heterocycles. The molecule has 108 valence electrons. The number of amides is 4. The molecular formula is C13H17N3O3S. The van der Waals surface area contributed by atoms with E-state index in [1.807, 2.05) is 18.4 Å². The molecule has 20 heavy (non-hydrogen) atoms. The fourth-order valence-electron chi connectivity index (χ4n) is 2.03. The van der Waals surface area contributed by atoms with E-state index in [2.05, 4.69) is 10.6 Å². The minimum absolute atomic E-state index is 0.244. The molecule has 2 heterocycles. The van der Waals surface area contributed by atoms with Gasteiger partial charge in [-0.1, -0.05) is 13.0 Å². The predicted octanol–water partition coefficient (Wildman–Crippen LogP) is 1.04. The molecule has 0 saturated carbocycles. The molecule has 2 N–H and O–H groups in total. The maximum absolute atomic E-state index is 12.4. The van der Waals surface area contributed by atoms with E-state index in [-0.39, 0.29) is 12.5 Å². The Kier molecular flexibility index (Phi) is 4.08. The van der Waals surface area contributed by atoms with Gasteiger partial charge in [0.05, 0.1) is 0 Å². The predicted molar refractivity (Wildman–Crippen MR) is 75.2 cm³/mol. The lowest BCUT2D eigenvalue weighted by Crippen LogP contribution is -2.43. The van der Waals surface area contributed by atoms with Crippen LogP contribution in [-0.2, 0) is 15.1 Å². The van der Waals surface area contributed by atoms with Crippen LogP contribution in [0, 0.1) is 0 Å². The van der Waals surface area contributed by atoms with Crippen molar-refractivity contribution in [3.8, 4) is 0 Å². The second-order valence-electron chi connectivity index (χ2n) is 4.77. The van der Waals surface area contributed by atoms with Crippen LogP contribution in [0.3, 0.4) is 0 Å². The van der Waals surface area contributed by atoms with Gasteiger partial charge in [0, 0.05) is 11.4 Å². The minimum atomic E-state index is -1.07. The van der Waals surface area contributed by atoms with Gasteiger partial charge in [-0.15, -0.1) is 11.3 Å². The number of carbonyl (C=O) groups excluding carboxylic acids is 3. The maximum atomic E-state index is 12.4. The summed E-state index contributed by atoms with van der Waals surface area (Å²) in [6.07, 6.45) is 0.804. The molecule has 0 spiro atoms. The first-order valence-electron chi connectivity index (χ1n) is 6.44. The van der Waals surface area contributed by atoms with Crippen molar-refractivity contribution in [2.24, 2.45) is 0 Å². The number of hydrogen-bond donors (Lipinski definition) is 2. The number of carbonyl (C=O) groups is 3. The highest BCUT2D eigenvalue weighted by atomic mass is 32.1. The van der Waals surface area contributed by atoms with Crippen molar-refractivity contribution in [3.05, 3.63) is 22.4 Å². The first kappa shape index (κ1) is 14.5. The van der Waals surface area contributed by atoms with Gasteiger partial charge in [0.25, 0.3) is 5.91 Å². The van der Waals surface area contributed by atoms with Crippen molar-refractivity contribution >= 4 is 29.2 Å². The van der Waals surface area contributed by atoms with Crippen molar-refractivity contribution in [3.63, 3.8) is 0 Å². The third kappa shape index (κ3) is 2.53. The largest absolute Gasteiger partial charge is 0.355 e. The lowest BCUT2D eigenvalue weighted by Gasteiger charge is -2.19. The van der Waals surface area contributed by atoms with Gasteiger partial charge in [-0.3, -0.25) is 14.5 Å². The third-order valence-corrected chi connectivity index (χ3v) is 4.25. The SMILES string of the molecule is CCCNC(=O)CN1C(=O)NC(C)(c2cccs2)C1=O. The molecule has 0 radical (unpaired) electrons. The molecule has 0 bridgehead atoms. The first-order valence-corrected chi connectivity index (χ1v) is 7.31. The van der Waals surface area contributed by atoms with E-state index in [0.717, 1.165) is 16.2 Å². The maximum Gasteiger partial charge on any atom is 0.325 e. The quantitative estimate of drug-likeness (QED) is 0.797. The standard InChI is InChI=1S/C13H17N3O3S/c1-3-6-14-10(17)8-16-11(18)13(2,15-12(16)19)9-5-4-7-20-9/h4-5,7H,3,6,8H2,1-2H3,(H,14,17)(H,15,19). The molecule has 1 unspecified atom stereocenters. The summed E-state index contributed by atoms with van der Waals surface area (Å²) in [6.45, 7) is 3.88. The van der Waals surface area contributed by atoms with Crippen molar-refractivity contribution in [2.45, 2.75) is 25.8 Å². The summed E-state index contributed by atoms with van der Waals surface area (Å²) in [5, 5.41) is 7.16. The summed E-state index contributed by atoms with van der Waals surface area (Å²) < 4.78 is 0. The van der Waals surface area contributed by atoms with E-state index in [9.17, 15) is 14.4 Å². The number of hydrogen-bond acceptors (Lipinski definition) is 4. The zero-order valence-electron chi connectivity index (χ0n) is 11.4. The molecule has 1 saturated heterocycles. The minimum Gasteiger partial charge on any atom is -0.355 e. The number of urea groups is 1. The molecule has 1 aliphatic rings. The zero-order chi connectivity index (χ0) is 14.8. The van der Waals surface area contributed by atoms with Gasteiger partial charge in [0.2, 0.25) is 5.91 Å². The average Bonchev–Trinajstić information content (AvgIpc) is 3.01. The summed E-state index contributed by atoms with van der Waals surface area (Å²) in [5.41, 5.74) is -1.07. The first-order chi connectivity index (χ1) is 9.49. The molecule has 1 fully saturated rings. The molecule has 4 amide bonds. The van der Waals surface area contributed by atoms with Crippen molar-refractivity contribution in [1.29, 1.82) is 0 Å². The van der Waals surface area contributed by atoms with Crippen LogP contribution in [0.2, 0.25) is 0 Å². The topological polar surface area (TPSA) is 78.5 Å². The van der Waals surface area contributed by atoms with Crippen molar-refractivity contribution < 1.29 is 14.4 Å². The monoisotopic (exact) mass is 295 g/mol. The summed E-state index contributed by atoms with van der Waals surface area (Å²) >= 11 is 1.40. The molecule has 7 heteroatoms. The van der Waals surface area contributed by atoms with Gasteiger partial charge < -0.3 is 10.6 Å². The molecule has 6 nitrogen and oxygen atoms in total. The lowest BCUT2D eigenvalue weighted by atomic mass is 10.0. The van der Waals surface area contributed by atoms with Crippen LogP contribution < -0.4 is 10.6 Å². The highest BCUT2D eigenvalue weighted by molar-refractivity contribution is 7.10. The Morgan fingerprint density at radius 3 is 2.85 bits per heavy atom. The van der Waals surface area contributed by atoms with Crippen molar-refractivity contribution in [2.75, 3.05) is 13.1 Å². The fourth-order valence-corrected chi connectivity index (χ4v) is 2.87. The highest BCUT2D eigenvalue weighted by Gasteiger charge is 2.50. The van der Waals surface area contributed by atoms with Gasteiger partial charge in [0.15, 0.2) is 5.54 Å². The Labute approximate surface area is 121 Å². The van der Waals surface area contributed by atoms with Crippen LogP contribution in [0.15, 0.2) is 17.5 Å². The molecule has 0 aromatic carbocycles. The van der Waals surface area contributed by atoms with Gasteiger partial charge in [-0.2, -0.15) is 0 Å². The molecule has 0 aliphatic carbocycles. The molecule has 2 rings (SSSR count). The highest BCUT2D eigenvalue weighted by Crippen LogP contribution is 2.31. The van der Waals surface area contributed by atoms with E-state index in [0.29, 0.717) is 6.54 Å². The average molecular weight is 295 g/mol. The Hall–Kier alpha value is -1.89. The van der Waals surface area contributed by atoms with Gasteiger partial charge in [-0.25, -0.2) is 4.79 Å². The normalized spacial score (nSPS) is 22.0. The Balaban J connectivity index is 2.11. The fraction of sp³-hybridized carbons (Fsp3) is 0.462. The number of rotatable bonds is 5. The van der Waals surface area contributed by atoms with E-state index in [4.69, 9.17) is 0 Å². The van der Waals surface area contributed by atoms with E-state index < -0.39 is 17.5 Å². The Morgan fingerprint density at radius 1 is 1.50 bits per heavy atom. The number of imide groups is 1. The molecule has 1 aromatic heterocycles. The zero-order valence-corrected chi connectivity index (χ0v) is 12.3. The van der Waals surface area contributed by atoms with Crippen LogP contribution in [0.1, 0.15) is 25.1 Å². The van der Waals surface area contributed by atoms with Gasteiger partial charge in [0.1, 0.15) is 6.54 Å². The molecular weight excluding hydrogens is 278 g/mol. The van der Waals surface area contributed by atoms with Crippen LogP contribution in [-0.4, -0.2) is 35.8 Å².